The standard InChI is InChI=1S/C22H31N7O/c1-4-26-11-13-27(14-12-26)10-7-23-19(30)16-29-21-20(17(2)15-18(3)24-21)22(25-29)28-8-5-6-9-28/h5-6,8-9,15H,4,7,10-14,16H2,1-3H3,(H,23,30). The molecule has 160 valence electrons. The van der Waals surface area contributed by atoms with E-state index in [1.807, 2.05) is 36.0 Å². The van der Waals surface area contributed by atoms with Crippen molar-refractivity contribution in [1.82, 2.24) is 34.4 Å². The van der Waals surface area contributed by atoms with E-state index < -0.39 is 0 Å². The minimum Gasteiger partial charge on any atom is -0.353 e. The van der Waals surface area contributed by atoms with Crippen LogP contribution in [-0.4, -0.2) is 80.9 Å². The van der Waals surface area contributed by atoms with Gasteiger partial charge in [0.05, 0.1) is 5.39 Å². The number of piperazine rings is 1. The maximum Gasteiger partial charge on any atom is 0.241 e. The Bertz CT molecular complexity index is 1000. The fraction of sp³-hybridized carbons (Fsp3) is 0.500. The van der Waals surface area contributed by atoms with Gasteiger partial charge in [-0.1, -0.05) is 6.92 Å². The number of aryl methyl sites for hydroxylation is 2. The molecule has 0 unspecified atom stereocenters. The Morgan fingerprint density at radius 1 is 1.10 bits per heavy atom. The van der Waals surface area contributed by atoms with E-state index in [9.17, 15) is 4.79 Å². The number of hydrogen-bond acceptors (Lipinski definition) is 5. The molecule has 1 amide bonds. The van der Waals surface area contributed by atoms with Crippen molar-refractivity contribution in [1.29, 1.82) is 0 Å². The van der Waals surface area contributed by atoms with Gasteiger partial charge in [0.25, 0.3) is 0 Å². The van der Waals surface area contributed by atoms with Crippen molar-refractivity contribution in [2.75, 3.05) is 45.8 Å². The lowest BCUT2D eigenvalue weighted by Crippen LogP contribution is -2.48. The number of likely N-dealkylation sites (N-methyl/N-ethyl adjacent to an activating group) is 1. The van der Waals surface area contributed by atoms with Crippen LogP contribution in [-0.2, 0) is 11.3 Å². The Labute approximate surface area is 177 Å². The highest BCUT2D eigenvalue weighted by Gasteiger charge is 2.18. The average molecular weight is 410 g/mol. The lowest BCUT2D eigenvalue weighted by molar-refractivity contribution is -0.121. The van der Waals surface area contributed by atoms with Crippen molar-refractivity contribution in [3.63, 3.8) is 0 Å². The van der Waals surface area contributed by atoms with E-state index in [0.29, 0.717) is 6.54 Å². The van der Waals surface area contributed by atoms with Gasteiger partial charge in [0.15, 0.2) is 11.5 Å². The van der Waals surface area contributed by atoms with Gasteiger partial charge in [-0.15, -0.1) is 0 Å². The molecule has 4 heterocycles. The monoisotopic (exact) mass is 409 g/mol. The first-order valence-electron chi connectivity index (χ1n) is 10.7. The lowest BCUT2D eigenvalue weighted by atomic mass is 10.2. The number of aromatic nitrogens is 4. The number of hydrogen-bond donors (Lipinski definition) is 1. The van der Waals surface area contributed by atoms with Gasteiger partial charge < -0.3 is 14.8 Å². The summed E-state index contributed by atoms with van der Waals surface area (Å²) in [6.45, 7) is 13.4. The molecule has 1 aliphatic rings. The first kappa shape index (κ1) is 20.6. The number of carbonyl (C=O) groups is 1. The summed E-state index contributed by atoms with van der Waals surface area (Å²) in [4.78, 5) is 22.2. The van der Waals surface area contributed by atoms with Crippen LogP contribution >= 0.6 is 0 Å². The van der Waals surface area contributed by atoms with Gasteiger partial charge in [-0.25, -0.2) is 9.67 Å². The molecule has 1 N–H and O–H groups in total. The van der Waals surface area contributed by atoms with Gasteiger partial charge in [-0.2, -0.15) is 5.10 Å². The molecule has 4 rings (SSSR count). The molecule has 0 spiro atoms. The molecule has 0 bridgehead atoms. The van der Waals surface area contributed by atoms with E-state index in [-0.39, 0.29) is 12.5 Å². The second kappa shape index (κ2) is 8.97. The fourth-order valence-electron chi connectivity index (χ4n) is 4.13. The Morgan fingerprint density at radius 2 is 1.80 bits per heavy atom. The molecule has 0 saturated carbocycles. The van der Waals surface area contributed by atoms with Crippen LogP contribution < -0.4 is 5.32 Å². The number of carbonyl (C=O) groups excluding carboxylic acids is 1. The molecule has 0 radical (unpaired) electrons. The molecule has 1 fully saturated rings. The average Bonchev–Trinajstić information content (AvgIpc) is 3.37. The quantitative estimate of drug-likeness (QED) is 0.642. The third kappa shape index (κ3) is 4.39. The van der Waals surface area contributed by atoms with Crippen LogP contribution in [0.1, 0.15) is 18.2 Å². The highest BCUT2D eigenvalue weighted by molar-refractivity contribution is 5.88. The normalized spacial score (nSPS) is 15.7. The minimum atomic E-state index is -0.0355. The van der Waals surface area contributed by atoms with Crippen LogP contribution in [0, 0.1) is 13.8 Å². The van der Waals surface area contributed by atoms with Crippen molar-refractivity contribution in [2.24, 2.45) is 0 Å². The second-order valence-corrected chi connectivity index (χ2v) is 7.98. The lowest BCUT2D eigenvalue weighted by Gasteiger charge is -2.33. The van der Waals surface area contributed by atoms with Crippen molar-refractivity contribution in [3.8, 4) is 5.82 Å². The fourth-order valence-corrected chi connectivity index (χ4v) is 4.13. The summed E-state index contributed by atoms with van der Waals surface area (Å²) in [5.74, 6) is 0.771. The summed E-state index contributed by atoms with van der Waals surface area (Å²) in [6, 6.07) is 5.99. The molecule has 8 nitrogen and oxygen atoms in total. The summed E-state index contributed by atoms with van der Waals surface area (Å²) in [7, 11) is 0. The summed E-state index contributed by atoms with van der Waals surface area (Å²) in [6.07, 6.45) is 3.92. The topological polar surface area (TPSA) is 71.2 Å². The van der Waals surface area contributed by atoms with Gasteiger partial charge in [0.2, 0.25) is 5.91 Å². The molecule has 8 heteroatoms. The molecular formula is C22H31N7O. The Kier molecular flexibility index (Phi) is 6.15. The van der Waals surface area contributed by atoms with E-state index in [1.54, 1.807) is 4.68 Å². The number of nitrogens with zero attached hydrogens (tertiary/aromatic N) is 6. The van der Waals surface area contributed by atoms with Crippen LogP contribution in [0.4, 0.5) is 0 Å². The van der Waals surface area contributed by atoms with Crippen LogP contribution in [0.2, 0.25) is 0 Å². The van der Waals surface area contributed by atoms with Crippen LogP contribution in [0.5, 0.6) is 0 Å². The Balaban J connectivity index is 1.43. The maximum atomic E-state index is 12.6. The van der Waals surface area contributed by atoms with E-state index in [1.165, 1.54) is 0 Å². The van der Waals surface area contributed by atoms with Crippen molar-refractivity contribution < 1.29 is 4.79 Å². The summed E-state index contributed by atoms with van der Waals surface area (Å²) in [5.41, 5.74) is 2.79. The van der Waals surface area contributed by atoms with Crippen LogP contribution in [0.25, 0.3) is 16.9 Å². The van der Waals surface area contributed by atoms with Gasteiger partial charge in [0, 0.05) is 57.4 Å². The molecule has 3 aromatic rings. The zero-order valence-corrected chi connectivity index (χ0v) is 18.1. The van der Waals surface area contributed by atoms with E-state index >= 15 is 0 Å². The largest absolute Gasteiger partial charge is 0.353 e. The highest BCUT2D eigenvalue weighted by atomic mass is 16.2. The molecule has 1 aliphatic heterocycles. The number of amides is 1. The van der Waals surface area contributed by atoms with E-state index in [0.717, 1.165) is 67.4 Å². The Morgan fingerprint density at radius 3 is 2.50 bits per heavy atom. The predicted molar refractivity (Wildman–Crippen MR) is 118 cm³/mol. The van der Waals surface area contributed by atoms with E-state index in [4.69, 9.17) is 5.10 Å². The molecule has 0 atom stereocenters. The third-order valence-electron chi connectivity index (χ3n) is 5.81. The third-order valence-corrected chi connectivity index (χ3v) is 5.81. The second-order valence-electron chi connectivity index (χ2n) is 7.98. The molecule has 3 aromatic heterocycles. The first-order chi connectivity index (χ1) is 14.5. The molecule has 30 heavy (non-hydrogen) atoms. The predicted octanol–water partition coefficient (Wildman–Crippen LogP) is 1.59. The zero-order valence-electron chi connectivity index (χ0n) is 18.1. The number of rotatable bonds is 7. The van der Waals surface area contributed by atoms with Gasteiger partial charge in [0.1, 0.15) is 6.54 Å². The summed E-state index contributed by atoms with van der Waals surface area (Å²) < 4.78 is 3.69. The van der Waals surface area contributed by atoms with Crippen molar-refractivity contribution >= 4 is 16.9 Å². The molecular weight excluding hydrogens is 378 g/mol. The zero-order chi connectivity index (χ0) is 21.1. The summed E-state index contributed by atoms with van der Waals surface area (Å²) >= 11 is 0. The van der Waals surface area contributed by atoms with Gasteiger partial charge >= 0.3 is 0 Å². The molecule has 1 saturated heterocycles. The minimum absolute atomic E-state index is 0.0355. The number of fused-ring (bicyclic) bond motifs is 1. The smallest absolute Gasteiger partial charge is 0.241 e. The summed E-state index contributed by atoms with van der Waals surface area (Å²) in [5, 5.41) is 8.77. The van der Waals surface area contributed by atoms with E-state index in [2.05, 4.69) is 40.0 Å². The van der Waals surface area contributed by atoms with Crippen molar-refractivity contribution in [3.05, 3.63) is 41.9 Å². The first-order valence-corrected chi connectivity index (χ1v) is 10.7. The number of nitrogens with one attached hydrogen (secondary N) is 1. The maximum absolute atomic E-state index is 12.6. The number of pyridine rings is 1. The molecule has 0 aromatic carbocycles. The SMILES string of the molecule is CCN1CCN(CCNC(=O)Cn2nc(-n3cccc3)c3c(C)cc(C)nc32)CC1. The van der Waals surface area contributed by atoms with Crippen molar-refractivity contribution in [2.45, 2.75) is 27.3 Å². The van der Waals surface area contributed by atoms with Gasteiger partial charge in [-0.3, -0.25) is 9.69 Å². The molecule has 0 aliphatic carbocycles. The Hall–Kier alpha value is -2.71. The van der Waals surface area contributed by atoms with Gasteiger partial charge in [-0.05, 0) is 44.2 Å². The van der Waals surface area contributed by atoms with Crippen LogP contribution in [0.3, 0.4) is 0 Å². The van der Waals surface area contributed by atoms with Crippen LogP contribution in [0.15, 0.2) is 30.6 Å². The highest BCUT2D eigenvalue weighted by Crippen LogP contribution is 2.25.